The van der Waals surface area contributed by atoms with Crippen LogP contribution in [-0.2, 0) is 0 Å². The van der Waals surface area contributed by atoms with E-state index in [-0.39, 0.29) is 5.60 Å². The van der Waals surface area contributed by atoms with E-state index in [1.54, 1.807) is 0 Å². The Morgan fingerprint density at radius 2 is 1.79 bits per heavy atom. The van der Waals surface area contributed by atoms with Crippen molar-refractivity contribution in [1.29, 1.82) is 0 Å². The molecule has 0 radical (unpaired) electrons. The van der Waals surface area contributed by atoms with Gasteiger partial charge >= 0.3 is 0 Å². The molecule has 1 heteroatoms. The zero-order valence-electron chi connectivity index (χ0n) is 9.47. The molecule has 0 amide bonds. The smallest absolute Gasteiger partial charge is 0.0676 e. The van der Waals surface area contributed by atoms with Crippen molar-refractivity contribution >= 4 is 0 Å². The van der Waals surface area contributed by atoms with Crippen molar-refractivity contribution in [3.8, 4) is 0 Å². The maximum Gasteiger partial charge on any atom is 0.0676 e. The van der Waals surface area contributed by atoms with Gasteiger partial charge in [0.05, 0.1) is 5.60 Å². The average molecular weight is 196 g/mol. The zero-order valence-corrected chi connectivity index (χ0v) is 9.47. The lowest BCUT2D eigenvalue weighted by atomic mass is 9.64. The third kappa shape index (κ3) is 1.98. The van der Waals surface area contributed by atoms with Gasteiger partial charge in [-0.2, -0.15) is 0 Å². The molecule has 0 atom stereocenters. The second-order valence-electron chi connectivity index (χ2n) is 5.46. The average Bonchev–Trinajstić information content (AvgIpc) is 2.06. The van der Waals surface area contributed by atoms with Crippen LogP contribution in [0.5, 0.6) is 0 Å². The summed E-state index contributed by atoms with van der Waals surface area (Å²) in [6.45, 7) is 2.27. The Morgan fingerprint density at radius 3 is 2.21 bits per heavy atom. The van der Waals surface area contributed by atoms with Gasteiger partial charge in [0.15, 0.2) is 0 Å². The molecule has 1 N–H and O–H groups in total. The standard InChI is InChI=1S/C13H24O/c1-2-4-11-7-9-13(14,10-8-11)12-5-3-6-12/h11-12,14H,2-10H2,1H3. The molecular weight excluding hydrogens is 172 g/mol. The van der Waals surface area contributed by atoms with Crippen LogP contribution in [0.1, 0.15) is 64.7 Å². The van der Waals surface area contributed by atoms with Gasteiger partial charge in [0, 0.05) is 0 Å². The summed E-state index contributed by atoms with van der Waals surface area (Å²) in [7, 11) is 0. The summed E-state index contributed by atoms with van der Waals surface area (Å²) < 4.78 is 0. The molecule has 0 bridgehead atoms. The molecule has 0 saturated heterocycles. The summed E-state index contributed by atoms with van der Waals surface area (Å²) in [6, 6.07) is 0. The summed E-state index contributed by atoms with van der Waals surface area (Å²) in [5, 5.41) is 10.5. The van der Waals surface area contributed by atoms with E-state index in [0.717, 1.165) is 18.8 Å². The molecule has 14 heavy (non-hydrogen) atoms. The van der Waals surface area contributed by atoms with E-state index in [1.807, 2.05) is 0 Å². The van der Waals surface area contributed by atoms with Gasteiger partial charge in [0.25, 0.3) is 0 Å². The SMILES string of the molecule is CCCC1CCC(O)(C2CCC2)CC1. The first kappa shape index (κ1) is 10.5. The van der Waals surface area contributed by atoms with E-state index in [0.29, 0.717) is 5.92 Å². The van der Waals surface area contributed by atoms with Crippen LogP contribution >= 0.6 is 0 Å². The summed E-state index contributed by atoms with van der Waals surface area (Å²) >= 11 is 0. The number of hydrogen-bond acceptors (Lipinski definition) is 1. The minimum atomic E-state index is -0.248. The van der Waals surface area contributed by atoms with Gasteiger partial charge in [0.2, 0.25) is 0 Å². The van der Waals surface area contributed by atoms with Crippen LogP contribution in [0.2, 0.25) is 0 Å². The van der Waals surface area contributed by atoms with Crippen LogP contribution in [-0.4, -0.2) is 10.7 Å². The predicted octanol–water partition coefficient (Wildman–Crippen LogP) is 3.51. The lowest BCUT2D eigenvalue weighted by Gasteiger charge is -2.45. The summed E-state index contributed by atoms with van der Waals surface area (Å²) in [6.07, 6.45) is 11.3. The molecule has 0 heterocycles. The highest BCUT2D eigenvalue weighted by Crippen LogP contribution is 2.46. The van der Waals surface area contributed by atoms with Crippen LogP contribution in [0.4, 0.5) is 0 Å². The molecule has 2 fully saturated rings. The highest BCUT2D eigenvalue weighted by molar-refractivity contribution is 4.94. The third-order valence-corrected chi connectivity index (χ3v) is 4.53. The van der Waals surface area contributed by atoms with Crippen LogP contribution in [0.15, 0.2) is 0 Å². The van der Waals surface area contributed by atoms with E-state index < -0.39 is 0 Å². The summed E-state index contributed by atoms with van der Waals surface area (Å²) in [5.41, 5.74) is -0.248. The monoisotopic (exact) mass is 196 g/mol. The van der Waals surface area contributed by atoms with E-state index in [9.17, 15) is 5.11 Å². The minimum absolute atomic E-state index is 0.248. The Kier molecular flexibility index (Phi) is 3.16. The Hall–Kier alpha value is -0.0400. The van der Waals surface area contributed by atoms with Gasteiger partial charge in [-0.25, -0.2) is 0 Å². The molecule has 0 aromatic rings. The van der Waals surface area contributed by atoms with Crippen LogP contribution in [0.3, 0.4) is 0 Å². The summed E-state index contributed by atoms with van der Waals surface area (Å²) in [4.78, 5) is 0. The molecule has 0 unspecified atom stereocenters. The van der Waals surface area contributed by atoms with Crippen LogP contribution in [0.25, 0.3) is 0 Å². The Labute approximate surface area is 87.9 Å². The highest BCUT2D eigenvalue weighted by Gasteiger charge is 2.42. The van der Waals surface area contributed by atoms with Crippen molar-refractivity contribution in [2.24, 2.45) is 11.8 Å². The number of aliphatic hydroxyl groups is 1. The molecule has 0 aliphatic heterocycles. The van der Waals surface area contributed by atoms with E-state index in [4.69, 9.17) is 0 Å². The molecule has 2 rings (SSSR count). The molecule has 2 aliphatic carbocycles. The molecule has 0 aromatic carbocycles. The van der Waals surface area contributed by atoms with E-state index in [1.165, 1.54) is 44.9 Å². The number of rotatable bonds is 3. The van der Waals surface area contributed by atoms with Gasteiger partial charge in [-0.1, -0.05) is 26.2 Å². The minimum Gasteiger partial charge on any atom is -0.390 e. The largest absolute Gasteiger partial charge is 0.390 e. The van der Waals surface area contributed by atoms with Gasteiger partial charge in [-0.3, -0.25) is 0 Å². The first-order chi connectivity index (χ1) is 6.74. The van der Waals surface area contributed by atoms with Crippen molar-refractivity contribution in [2.75, 3.05) is 0 Å². The highest BCUT2D eigenvalue weighted by atomic mass is 16.3. The van der Waals surface area contributed by atoms with Crippen LogP contribution in [0, 0.1) is 11.8 Å². The van der Waals surface area contributed by atoms with Crippen LogP contribution < -0.4 is 0 Å². The van der Waals surface area contributed by atoms with Crippen molar-refractivity contribution in [3.05, 3.63) is 0 Å². The lowest BCUT2D eigenvalue weighted by molar-refractivity contribution is -0.0854. The predicted molar refractivity (Wildman–Crippen MR) is 59.2 cm³/mol. The van der Waals surface area contributed by atoms with E-state index >= 15 is 0 Å². The second-order valence-corrected chi connectivity index (χ2v) is 5.46. The molecular formula is C13H24O. The maximum absolute atomic E-state index is 10.5. The molecule has 2 saturated carbocycles. The maximum atomic E-state index is 10.5. The Bertz CT molecular complexity index is 176. The number of hydrogen-bond donors (Lipinski definition) is 1. The topological polar surface area (TPSA) is 20.2 Å². The van der Waals surface area contributed by atoms with E-state index in [2.05, 4.69) is 6.92 Å². The second kappa shape index (κ2) is 4.22. The quantitative estimate of drug-likeness (QED) is 0.732. The third-order valence-electron chi connectivity index (χ3n) is 4.53. The molecule has 82 valence electrons. The fourth-order valence-electron chi connectivity index (χ4n) is 3.23. The van der Waals surface area contributed by atoms with Gasteiger partial charge in [0.1, 0.15) is 0 Å². The van der Waals surface area contributed by atoms with Crippen molar-refractivity contribution in [1.82, 2.24) is 0 Å². The molecule has 2 aliphatic rings. The fraction of sp³-hybridized carbons (Fsp3) is 1.00. The van der Waals surface area contributed by atoms with Crippen molar-refractivity contribution < 1.29 is 5.11 Å². The van der Waals surface area contributed by atoms with Crippen molar-refractivity contribution in [3.63, 3.8) is 0 Å². The lowest BCUT2D eigenvalue weighted by Crippen LogP contribution is -2.44. The first-order valence-electron chi connectivity index (χ1n) is 6.47. The zero-order chi connectivity index (χ0) is 10.0. The fourth-order valence-corrected chi connectivity index (χ4v) is 3.23. The van der Waals surface area contributed by atoms with Gasteiger partial charge in [-0.05, 0) is 50.4 Å². The molecule has 0 spiro atoms. The Morgan fingerprint density at radius 1 is 1.14 bits per heavy atom. The molecule has 1 nitrogen and oxygen atoms in total. The van der Waals surface area contributed by atoms with Gasteiger partial charge < -0.3 is 5.11 Å². The van der Waals surface area contributed by atoms with Crippen molar-refractivity contribution in [2.45, 2.75) is 70.3 Å². The normalized spacial score (nSPS) is 39.4. The van der Waals surface area contributed by atoms with Gasteiger partial charge in [-0.15, -0.1) is 0 Å². The first-order valence-corrected chi connectivity index (χ1v) is 6.47. The summed E-state index contributed by atoms with van der Waals surface area (Å²) in [5.74, 6) is 1.57. The molecule has 0 aromatic heterocycles. The Balaban J connectivity index is 1.81.